The molecule has 2 N–H and O–H groups in total. The number of hydrogen-bond donors (Lipinski definition) is 1. The summed E-state index contributed by atoms with van der Waals surface area (Å²) in [6.45, 7) is 10.5. The summed E-state index contributed by atoms with van der Waals surface area (Å²) < 4.78 is 0. The molecule has 13 heavy (non-hydrogen) atoms. The zero-order chi connectivity index (χ0) is 9.91. The van der Waals surface area contributed by atoms with Crippen LogP contribution in [0.2, 0.25) is 0 Å². The Morgan fingerprint density at radius 1 is 1.08 bits per heavy atom. The van der Waals surface area contributed by atoms with E-state index in [4.69, 9.17) is 5.73 Å². The number of hydrogen-bond acceptors (Lipinski definition) is 1. The maximum absolute atomic E-state index is 5.82. The molecule has 0 spiro atoms. The first-order valence-corrected chi connectivity index (χ1v) is 5.56. The van der Waals surface area contributed by atoms with Crippen molar-refractivity contribution >= 4 is 0 Å². The Labute approximate surface area is 82.1 Å². The lowest BCUT2D eigenvalue weighted by Crippen LogP contribution is -2.17. The van der Waals surface area contributed by atoms with Gasteiger partial charge in [-0.15, -0.1) is 0 Å². The zero-order valence-corrected chi connectivity index (χ0v) is 9.48. The van der Waals surface area contributed by atoms with Crippen LogP contribution in [0.4, 0.5) is 0 Å². The van der Waals surface area contributed by atoms with E-state index in [1.807, 2.05) is 0 Å². The molecule has 2 fully saturated rings. The minimum absolute atomic E-state index is 0.553. The number of nitrogens with two attached hydrogens (primary N) is 1. The standard InChI is InChI=1S/C12H23N/c1-10(2)9(11(10,3)4)7-12(8-13)5-6-12/h9H,5-8,13H2,1-4H3. The summed E-state index contributed by atoms with van der Waals surface area (Å²) in [7, 11) is 0. The first-order valence-electron chi connectivity index (χ1n) is 5.56. The van der Waals surface area contributed by atoms with E-state index in [-0.39, 0.29) is 0 Å². The van der Waals surface area contributed by atoms with Crippen molar-refractivity contribution in [3.05, 3.63) is 0 Å². The van der Waals surface area contributed by atoms with Crippen LogP contribution in [-0.2, 0) is 0 Å². The molecular weight excluding hydrogens is 158 g/mol. The smallest absolute Gasteiger partial charge is 0.00204 e. The Hall–Kier alpha value is -0.0400. The Bertz CT molecular complexity index is 209. The van der Waals surface area contributed by atoms with Gasteiger partial charge in [0, 0.05) is 0 Å². The minimum atomic E-state index is 0.553. The fourth-order valence-corrected chi connectivity index (χ4v) is 2.94. The van der Waals surface area contributed by atoms with Gasteiger partial charge in [-0.25, -0.2) is 0 Å². The fraction of sp³-hybridized carbons (Fsp3) is 1.00. The molecule has 0 aliphatic heterocycles. The van der Waals surface area contributed by atoms with Crippen LogP contribution in [0.15, 0.2) is 0 Å². The minimum Gasteiger partial charge on any atom is -0.330 e. The summed E-state index contributed by atoms with van der Waals surface area (Å²) in [5.41, 5.74) is 7.49. The monoisotopic (exact) mass is 181 g/mol. The molecule has 0 amide bonds. The molecule has 2 aliphatic carbocycles. The molecule has 0 aromatic rings. The molecule has 1 heteroatoms. The third-order valence-corrected chi connectivity index (χ3v) is 5.35. The Kier molecular flexibility index (Phi) is 1.69. The van der Waals surface area contributed by atoms with Crippen LogP contribution >= 0.6 is 0 Å². The second-order valence-electron chi connectivity index (χ2n) is 6.40. The first kappa shape index (κ1) is 9.51. The van der Waals surface area contributed by atoms with Crippen LogP contribution < -0.4 is 5.73 Å². The third-order valence-electron chi connectivity index (χ3n) is 5.35. The molecule has 76 valence electrons. The highest BCUT2D eigenvalue weighted by molar-refractivity contribution is 5.15. The van der Waals surface area contributed by atoms with E-state index in [0.29, 0.717) is 16.2 Å². The molecule has 2 rings (SSSR count). The number of rotatable bonds is 3. The van der Waals surface area contributed by atoms with E-state index < -0.39 is 0 Å². The molecule has 1 nitrogen and oxygen atoms in total. The van der Waals surface area contributed by atoms with E-state index in [1.165, 1.54) is 19.3 Å². The summed E-state index contributed by atoms with van der Waals surface area (Å²) in [6, 6.07) is 0. The highest BCUT2D eigenvalue weighted by Crippen LogP contribution is 2.73. The summed E-state index contributed by atoms with van der Waals surface area (Å²) in [6.07, 6.45) is 4.14. The molecule has 2 saturated carbocycles. The maximum atomic E-state index is 5.82. The fourth-order valence-electron chi connectivity index (χ4n) is 2.94. The van der Waals surface area contributed by atoms with Crippen LogP contribution in [0, 0.1) is 22.2 Å². The van der Waals surface area contributed by atoms with Crippen molar-refractivity contribution in [3.63, 3.8) is 0 Å². The molecule has 2 aliphatic rings. The van der Waals surface area contributed by atoms with E-state index in [9.17, 15) is 0 Å². The van der Waals surface area contributed by atoms with Gasteiger partial charge in [0.1, 0.15) is 0 Å². The van der Waals surface area contributed by atoms with Gasteiger partial charge in [-0.05, 0) is 48.0 Å². The van der Waals surface area contributed by atoms with Gasteiger partial charge in [0.15, 0.2) is 0 Å². The van der Waals surface area contributed by atoms with Gasteiger partial charge >= 0.3 is 0 Å². The van der Waals surface area contributed by atoms with Gasteiger partial charge < -0.3 is 5.73 Å². The van der Waals surface area contributed by atoms with E-state index >= 15 is 0 Å². The molecule has 0 aromatic carbocycles. The summed E-state index contributed by atoms with van der Waals surface area (Å²) in [5.74, 6) is 0.908. The molecule has 0 unspecified atom stereocenters. The Morgan fingerprint density at radius 2 is 1.54 bits per heavy atom. The van der Waals surface area contributed by atoms with Crippen molar-refractivity contribution in [2.45, 2.75) is 47.0 Å². The van der Waals surface area contributed by atoms with Crippen LogP contribution in [-0.4, -0.2) is 6.54 Å². The molecule has 0 aromatic heterocycles. The largest absolute Gasteiger partial charge is 0.330 e. The molecule has 0 heterocycles. The highest BCUT2D eigenvalue weighted by Gasteiger charge is 2.66. The summed E-state index contributed by atoms with van der Waals surface area (Å²) in [4.78, 5) is 0. The average molecular weight is 181 g/mol. The van der Waals surface area contributed by atoms with Gasteiger partial charge in [-0.3, -0.25) is 0 Å². The van der Waals surface area contributed by atoms with Crippen molar-refractivity contribution in [2.24, 2.45) is 27.9 Å². The molecule has 0 atom stereocenters. The quantitative estimate of drug-likeness (QED) is 0.712. The van der Waals surface area contributed by atoms with Crippen molar-refractivity contribution in [3.8, 4) is 0 Å². The SMILES string of the molecule is CC1(C)C(CC2(CN)CC2)C1(C)C. The molecule has 0 radical (unpaired) electrons. The van der Waals surface area contributed by atoms with Crippen molar-refractivity contribution in [2.75, 3.05) is 6.54 Å². The zero-order valence-electron chi connectivity index (χ0n) is 9.48. The van der Waals surface area contributed by atoms with Crippen molar-refractivity contribution in [1.82, 2.24) is 0 Å². The van der Waals surface area contributed by atoms with Gasteiger partial charge in [-0.2, -0.15) is 0 Å². The lowest BCUT2D eigenvalue weighted by atomic mass is 9.95. The van der Waals surface area contributed by atoms with Crippen LogP contribution in [0.1, 0.15) is 47.0 Å². The molecule has 0 saturated heterocycles. The Morgan fingerprint density at radius 3 is 1.77 bits per heavy atom. The van der Waals surface area contributed by atoms with E-state index in [1.54, 1.807) is 0 Å². The lowest BCUT2D eigenvalue weighted by molar-refractivity contribution is 0.396. The van der Waals surface area contributed by atoms with Crippen molar-refractivity contribution < 1.29 is 0 Å². The van der Waals surface area contributed by atoms with Gasteiger partial charge in [0.2, 0.25) is 0 Å². The summed E-state index contributed by atoms with van der Waals surface area (Å²) >= 11 is 0. The molecular formula is C12H23N. The first-order chi connectivity index (χ1) is 5.86. The predicted molar refractivity (Wildman–Crippen MR) is 56.4 cm³/mol. The van der Waals surface area contributed by atoms with E-state index in [2.05, 4.69) is 27.7 Å². The third kappa shape index (κ3) is 1.16. The van der Waals surface area contributed by atoms with Gasteiger partial charge in [0.05, 0.1) is 0 Å². The second-order valence-corrected chi connectivity index (χ2v) is 6.40. The Balaban J connectivity index is 1.99. The van der Waals surface area contributed by atoms with Crippen LogP contribution in [0.25, 0.3) is 0 Å². The topological polar surface area (TPSA) is 26.0 Å². The summed E-state index contributed by atoms with van der Waals surface area (Å²) in [5, 5.41) is 0. The average Bonchev–Trinajstić information content (AvgIpc) is 2.87. The normalized spacial score (nSPS) is 33.0. The van der Waals surface area contributed by atoms with Gasteiger partial charge in [-0.1, -0.05) is 27.7 Å². The van der Waals surface area contributed by atoms with Crippen LogP contribution in [0.5, 0.6) is 0 Å². The van der Waals surface area contributed by atoms with Crippen LogP contribution in [0.3, 0.4) is 0 Å². The predicted octanol–water partition coefficient (Wildman–Crippen LogP) is 2.80. The highest BCUT2D eigenvalue weighted by atomic mass is 14.7. The second kappa shape index (κ2) is 2.31. The lowest BCUT2D eigenvalue weighted by Gasteiger charge is -2.12. The van der Waals surface area contributed by atoms with Gasteiger partial charge in [0.25, 0.3) is 0 Å². The maximum Gasteiger partial charge on any atom is -0.00204 e. The van der Waals surface area contributed by atoms with Crippen molar-refractivity contribution in [1.29, 1.82) is 0 Å². The van der Waals surface area contributed by atoms with E-state index in [0.717, 1.165) is 12.5 Å². The molecule has 0 bridgehead atoms.